The average molecular weight is 317 g/mol. The fourth-order valence-electron chi connectivity index (χ4n) is 1.82. The van der Waals surface area contributed by atoms with E-state index in [-0.39, 0.29) is 0 Å². The zero-order valence-electron chi connectivity index (χ0n) is 11.6. The van der Waals surface area contributed by atoms with E-state index in [1.54, 1.807) is 0 Å². The standard InChI is InChI=1S/C15H13ClN4S/c1-9-10(2)17-14(19-13(9)16)20-15-18-12(8-21-15)11-6-4-3-5-7-11/h3-8H,1-2H3,(H,17,18,19,20). The predicted molar refractivity (Wildman–Crippen MR) is 87.3 cm³/mol. The van der Waals surface area contributed by atoms with Gasteiger partial charge in [-0.3, -0.25) is 5.32 Å². The van der Waals surface area contributed by atoms with Crippen LogP contribution in [0.5, 0.6) is 0 Å². The van der Waals surface area contributed by atoms with E-state index in [0.29, 0.717) is 11.1 Å². The van der Waals surface area contributed by atoms with Gasteiger partial charge in [0.2, 0.25) is 5.95 Å². The quantitative estimate of drug-likeness (QED) is 0.717. The molecule has 2 aromatic heterocycles. The Bertz CT molecular complexity index is 747. The van der Waals surface area contributed by atoms with Gasteiger partial charge in [0, 0.05) is 22.2 Å². The number of aryl methyl sites for hydroxylation is 1. The smallest absolute Gasteiger partial charge is 0.230 e. The van der Waals surface area contributed by atoms with E-state index in [1.165, 1.54) is 11.3 Å². The number of nitrogens with one attached hydrogen (secondary N) is 1. The maximum atomic E-state index is 6.08. The van der Waals surface area contributed by atoms with Gasteiger partial charge in [0.1, 0.15) is 5.15 Å². The number of hydrogen-bond donors (Lipinski definition) is 1. The van der Waals surface area contributed by atoms with Crippen LogP contribution in [0, 0.1) is 13.8 Å². The highest BCUT2D eigenvalue weighted by molar-refractivity contribution is 7.14. The van der Waals surface area contributed by atoms with Gasteiger partial charge in [-0.05, 0) is 13.8 Å². The minimum absolute atomic E-state index is 0.463. The summed E-state index contributed by atoms with van der Waals surface area (Å²) >= 11 is 7.59. The Morgan fingerprint density at radius 2 is 1.81 bits per heavy atom. The molecule has 0 unspecified atom stereocenters. The molecular formula is C15H13ClN4S. The number of aromatic nitrogens is 3. The van der Waals surface area contributed by atoms with Crippen LogP contribution >= 0.6 is 22.9 Å². The van der Waals surface area contributed by atoms with Gasteiger partial charge < -0.3 is 0 Å². The predicted octanol–water partition coefficient (Wildman–Crippen LogP) is 4.61. The largest absolute Gasteiger partial charge is 0.300 e. The molecule has 0 atom stereocenters. The van der Waals surface area contributed by atoms with Crippen LogP contribution in [0.2, 0.25) is 5.15 Å². The molecule has 2 heterocycles. The lowest BCUT2D eigenvalue weighted by atomic mass is 10.2. The Kier molecular flexibility index (Phi) is 3.86. The SMILES string of the molecule is Cc1nc(Nc2nc(-c3ccccc3)cs2)nc(Cl)c1C. The maximum Gasteiger partial charge on any atom is 0.230 e. The van der Waals surface area contributed by atoms with Crippen LogP contribution in [0.4, 0.5) is 11.1 Å². The Hall–Kier alpha value is -1.98. The van der Waals surface area contributed by atoms with Crippen molar-refractivity contribution in [3.63, 3.8) is 0 Å². The number of thiazole rings is 1. The lowest BCUT2D eigenvalue weighted by Crippen LogP contribution is -2.00. The number of anilines is 2. The number of rotatable bonds is 3. The van der Waals surface area contributed by atoms with Crippen molar-refractivity contribution in [2.45, 2.75) is 13.8 Å². The van der Waals surface area contributed by atoms with Crippen molar-refractivity contribution >= 4 is 34.0 Å². The second-order valence-corrected chi connectivity index (χ2v) is 5.79. The van der Waals surface area contributed by atoms with Crippen molar-refractivity contribution in [1.82, 2.24) is 15.0 Å². The zero-order chi connectivity index (χ0) is 14.8. The molecule has 1 N–H and O–H groups in total. The Morgan fingerprint density at radius 1 is 1.05 bits per heavy atom. The molecule has 0 saturated heterocycles. The molecule has 0 spiro atoms. The highest BCUT2D eigenvalue weighted by Gasteiger charge is 2.09. The summed E-state index contributed by atoms with van der Waals surface area (Å²) in [7, 11) is 0. The van der Waals surface area contributed by atoms with Crippen molar-refractivity contribution in [2.75, 3.05) is 5.32 Å². The van der Waals surface area contributed by atoms with E-state index in [0.717, 1.165) is 27.6 Å². The van der Waals surface area contributed by atoms with Crippen LogP contribution in [0.3, 0.4) is 0 Å². The molecule has 21 heavy (non-hydrogen) atoms. The summed E-state index contributed by atoms with van der Waals surface area (Å²) in [6.45, 7) is 3.81. The molecule has 0 aliphatic carbocycles. The third kappa shape index (κ3) is 3.04. The first-order chi connectivity index (χ1) is 10.1. The minimum Gasteiger partial charge on any atom is -0.300 e. The third-order valence-corrected chi connectivity index (χ3v) is 4.25. The van der Waals surface area contributed by atoms with E-state index in [2.05, 4.69) is 20.3 Å². The topological polar surface area (TPSA) is 50.7 Å². The number of nitrogens with zero attached hydrogens (tertiary/aromatic N) is 3. The molecule has 0 aliphatic heterocycles. The van der Waals surface area contributed by atoms with Gasteiger partial charge in [-0.25, -0.2) is 15.0 Å². The summed E-state index contributed by atoms with van der Waals surface area (Å²) in [5.41, 5.74) is 3.77. The molecule has 0 aliphatic rings. The second kappa shape index (κ2) is 5.79. The molecule has 0 radical (unpaired) electrons. The van der Waals surface area contributed by atoms with Crippen LogP contribution in [-0.4, -0.2) is 15.0 Å². The summed E-state index contributed by atoms with van der Waals surface area (Å²) in [4.78, 5) is 13.1. The highest BCUT2D eigenvalue weighted by Crippen LogP contribution is 2.27. The number of halogens is 1. The molecule has 0 amide bonds. The molecule has 106 valence electrons. The molecule has 4 nitrogen and oxygen atoms in total. The summed E-state index contributed by atoms with van der Waals surface area (Å²) < 4.78 is 0. The first-order valence-corrected chi connectivity index (χ1v) is 7.68. The molecule has 6 heteroatoms. The van der Waals surface area contributed by atoms with Crippen LogP contribution in [0.1, 0.15) is 11.3 Å². The van der Waals surface area contributed by atoms with Gasteiger partial charge in [-0.2, -0.15) is 0 Å². The van der Waals surface area contributed by atoms with Crippen LogP contribution < -0.4 is 5.32 Å². The van der Waals surface area contributed by atoms with E-state index in [9.17, 15) is 0 Å². The normalized spacial score (nSPS) is 10.6. The molecule has 0 fully saturated rings. The molecule has 0 bridgehead atoms. The van der Waals surface area contributed by atoms with Crippen molar-refractivity contribution < 1.29 is 0 Å². The first-order valence-electron chi connectivity index (χ1n) is 6.42. The number of hydrogen-bond acceptors (Lipinski definition) is 5. The Labute approximate surface area is 131 Å². The van der Waals surface area contributed by atoms with Gasteiger partial charge >= 0.3 is 0 Å². The van der Waals surface area contributed by atoms with Gasteiger partial charge in [0.15, 0.2) is 5.13 Å². The minimum atomic E-state index is 0.463. The summed E-state index contributed by atoms with van der Waals surface area (Å²) in [5.74, 6) is 0.470. The summed E-state index contributed by atoms with van der Waals surface area (Å²) in [6.07, 6.45) is 0. The lowest BCUT2D eigenvalue weighted by Gasteiger charge is -2.05. The van der Waals surface area contributed by atoms with Gasteiger partial charge in [-0.1, -0.05) is 41.9 Å². The van der Waals surface area contributed by atoms with E-state index < -0.39 is 0 Å². The fraction of sp³-hybridized carbons (Fsp3) is 0.133. The maximum absolute atomic E-state index is 6.08. The molecule has 1 aromatic carbocycles. The highest BCUT2D eigenvalue weighted by atomic mass is 35.5. The van der Waals surface area contributed by atoms with Crippen molar-refractivity contribution in [2.24, 2.45) is 0 Å². The van der Waals surface area contributed by atoms with Gasteiger partial charge in [-0.15, -0.1) is 11.3 Å². The molecule has 0 saturated carbocycles. The second-order valence-electron chi connectivity index (χ2n) is 4.58. The van der Waals surface area contributed by atoms with E-state index >= 15 is 0 Å². The zero-order valence-corrected chi connectivity index (χ0v) is 13.2. The third-order valence-electron chi connectivity index (χ3n) is 3.12. The first kappa shape index (κ1) is 14.0. The van der Waals surface area contributed by atoms with Crippen LogP contribution in [0.25, 0.3) is 11.3 Å². The van der Waals surface area contributed by atoms with Crippen molar-refractivity contribution in [3.05, 3.63) is 52.1 Å². The summed E-state index contributed by atoms with van der Waals surface area (Å²) in [5, 5.41) is 6.31. The summed E-state index contributed by atoms with van der Waals surface area (Å²) in [6, 6.07) is 10.0. The Balaban J connectivity index is 1.85. The van der Waals surface area contributed by atoms with Crippen LogP contribution in [0.15, 0.2) is 35.7 Å². The molecular weight excluding hydrogens is 304 g/mol. The molecule has 3 rings (SSSR count). The Morgan fingerprint density at radius 3 is 2.52 bits per heavy atom. The monoisotopic (exact) mass is 316 g/mol. The molecule has 3 aromatic rings. The lowest BCUT2D eigenvalue weighted by molar-refractivity contribution is 1.07. The average Bonchev–Trinajstić information content (AvgIpc) is 2.94. The van der Waals surface area contributed by atoms with Crippen LogP contribution in [-0.2, 0) is 0 Å². The van der Waals surface area contributed by atoms with E-state index in [1.807, 2.05) is 49.6 Å². The fourth-order valence-corrected chi connectivity index (χ4v) is 2.75. The van der Waals surface area contributed by atoms with Gasteiger partial charge in [0.25, 0.3) is 0 Å². The van der Waals surface area contributed by atoms with E-state index in [4.69, 9.17) is 11.6 Å². The van der Waals surface area contributed by atoms with Gasteiger partial charge in [0.05, 0.1) is 5.69 Å². The van der Waals surface area contributed by atoms with Crippen molar-refractivity contribution in [3.8, 4) is 11.3 Å². The number of benzene rings is 1. The van der Waals surface area contributed by atoms with Crippen molar-refractivity contribution in [1.29, 1.82) is 0 Å².